The van der Waals surface area contributed by atoms with Crippen LogP contribution in [0.3, 0.4) is 0 Å². The molecule has 0 radical (unpaired) electrons. The van der Waals surface area contributed by atoms with Crippen LogP contribution in [0.2, 0.25) is 0 Å². The lowest BCUT2D eigenvalue weighted by molar-refractivity contribution is -0.600. The van der Waals surface area contributed by atoms with Crippen molar-refractivity contribution in [2.24, 2.45) is 0 Å². The first kappa shape index (κ1) is 41.3. The van der Waals surface area contributed by atoms with Crippen molar-refractivity contribution in [2.45, 2.75) is 119 Å². The van der Waals surface area contributed by atoms with Crippen molar-refractivity contribution in [1.29, 1.82) is 0 Å². The Balaban J connectivity index is 0.000000310. The third-order valence-electron chi connectivity index (χ3n) is 10.2. The number of Topliss-reactive ketones (excluding diaryl/α,β-unsaturated/α-hetero) is 1. The Morgan fingerprint density at radius 2 is 1.57 bits per heavy atom. The van der Waals surface area contributed by atoms with Crippen LogP contribution in [0.4, 0.5) is 5.69 Å². The molecule has 53 heavy (non-hydrogen) atoms. The molecule has 0 amide bonds. The van der Waals surface area contributed by atoms with E-state index in [0.717, 1.165) is 90.9 Å². The molecule has 2 aliphatic carbocycles. The summed E-state index contributed by atoms with van der Waals surface area (Å²) in [5, 5.41) is 5.69. The van der Waals surface area contributed by atoms with E-state index in [9.17, 15) is 14.4 Å². The summed E-state index contributed by atoms with van der Waals surface area (Å²) >= 11 is 0. The lowest BCUT2D eigenvalue weighted by atomic mass is 9.82. The molecule has 3 N–H and O–H groups in total. The van der Waals surface area contributed by atoms with Crippen molar-refractivity contribution in [3.05, 3.63) is 110 Å². The first-order valence-electron chi connectivity index (χ1n) is 19.8. The number of rotatable bonds is 16. The van der Waals surface area contributed by atoms with Crippen molar-refractivity contribution in [3.8, 4) is 5.75 Å². The molecule has 7 heteroatoms. The van der Waals surface area contributed by atoms with Gasteiger partial charge in [0.05, 0.1) is 18.7 Å². The van der Waals surface area contributed by atoms with Crippen LogP contribution in [0.25, 0.3) is 5.57 Å². The van der Waals surface area contributed by atoms with Gasteiger partial charge in [0.25, 0.3) is 0 Å². The highest BCUT2D eigenvalue weighted by Crippen LogP contribution is 2.45. The van der Waals surface area contributed by atoms with E-state index in [1.807, 2.05) is 24.3 Å². The van der Waals surface area contributed by atoms with Crippen LogP contribution in [-0.2, 0) is 14.3 Å². The number of unbranched alkanes of at least 4 members (excludes halogenated alkanes) is 6. The molecular formula is C46H61N2O5+. The standard InChI is InChI=1S/C31H38N2O3.C15H22O2/c1-6-9-12-15-35-31(34)23-14-11-10-13-22(23)30-24-16-20(4)26(32-7-2)18-28(24)36-29-19-27(33-8-3)21(5)17-25(29)30;1-4-5-6-7-8-9-13-10-14(16)11(2)12(3)15(13)17/h10-11,13-14,16-19,28,32-33H,6-9,12,15H2,1-5H3;10H,4-9H2,1-3H3/p+1. The number of quaternary nitrogens is 1. The lowest BCUT2D eigenvalue weighted by Gasteiger charge is -2.32. The van der Waals surface area contributed by atoms with Crippen LogP contribution in [-0.4, -0.2) is 43.3 Å². The van der Waals surface area contributed by atoms with Crippen LogP contribution < -0.4 is 15.4 Å². The molecule has 0 saturated heterocycles. The number of anilines is 1. The zero-order valence-electron chi connectivity index (χ0n) is 33.4. The highest BCUT2D eigenvalue weighted by molar-refractivity contribution is 6.22. The number of nitrogens with one attached hydrogen (secondary N) is 1. The predicted octanol–water partition coefficient (Wildman–Crippen LogP) is 9.53. The summed E-state index contributed by atoms with van der Waals surface area (Å²) in [5.74, 6) is 0.627. The molecule has 0 aromatic heterocycles. The first-order valence-corrected chi connectivity index (χ1v) is 19.8. The summed E-state index contributed by atoms with van der Waals surface area (Å²) in [7, 11) is 0. The van der Waals surface area contributed by atoms with Gasteiger partial charge in [-0.1, -0.05) is 70.6 Å². The van der Waals surface area contributed by atoms with Crippen molar-refractivity contribution >= 4 is 28.8 Å². The monoisotopic (exact) mass is 721 g/mol. The number of hydrogen-bond acceptors (Lipinski definition) is 6. The van der Waals surface area contributed by atoms with Crippen molar-refractivity contribution in [3.63, 3.8) is 0 Å². The minimum absolute atomic E-state index is 0.00524. The molecule has 0 spiro atoms. The summed E-state index contributed by atoms with van der Waals surface area (Å²) in [6.07, 6.45) is 15.4. The zero-order chi connectivity index (χ0) is 38.5. The van der Waals surface area contributed by atoms with E-state index in [0.29, 0.717) is 28.9 Å². The Morgan fingerprint density at radius 3 is 2.28 bits per heavy atom. The Hall–Kier alpha value is -4.49. The molecule has 1 aliphatic heterocycles. The van der Waals surface area contributed by atoms with Gasteiger partial charge < -0.3 is 20.1 Å². The van der Waals surface area contributed by atoms with Gasteiger partial charge in [-0.15, -0.1) is 0 Å². The Kier molecular flexibility index (Phi) is 15.6. The highest BCUT2D eigenvalue weighted by atomic mass is 16.5. The van der Waals surface area contributed by atoms with E-state index < -0.39 is 0 Å². The minimum Gasteiger partial charge on any atom is -0.481 e. The number of benzene rings is 2. The summed E-state index contributed by atoms with van der Waals surface area (Å²) in [4.78, 5) is 36.8. The van der Waals surface area contributed by atoms with E-state index in [1.165, 1.54) is 36.6 Å². The predicted molar refractivity (Wildman–Crippen MR) is 216 cm³/mol. The van der Waals surface area contributed by atoms with Gasteiger partial charge in [0.15, 0.2) is 11.6 Å². The number of ether oxygens (including phenoxy) is 2. The summed E-state index contributed by atoms with van der Waals surface area (Å²) in [6.45, 7) is 18.5. The fraction of sp³-hybridized carbons (Fsp3) is 0.457. The smallest absolute Gasteiger partial charge is 0.338 e. The van der Waals surface area contributed by atoms with E-state index in [2.05, 4.69) is 76.5 Å². The third-order valence-corrected chi connectivity index (χ3v) is 10.2. The number of aryl methyl sites for hydroxylation is 1. The van der Waals surface area contributed by atoms with Gasteiger partial charge in [0.2, 0.25) is 0 Å². The Morgan fingerprint density at radius 1 is 0.849 bits per heavy atom. The molecule has 0 saturated carbocycles. The molecule has 284 valence electrons. The molecule has 7 nitrogen and oxygen atoms in total. The average molecular weight is 722 g/mol. The topological polar surface area (TPSA) is 98.3 Å². The number of esters is 1. The van der Waals surface area contributed by atoms with Crippen LogP contribution in [0.15, 0.2) is 88.2 Å². The van der Waals surface area contributed by atoms with Crippen LogP contribution >= 0.6 is 0 Å². The van der Waals surface area contributed by atoms with E-state index >= 15 is 0 Å². The fourth-order valence-electron chi connectivity index (χ4n) is 7.01. The quantitative estimate of drug-likeness (QED) is 0.102. The summed E-state index contributed by atoms with van der Waals surface area (Å²) in [5.41, 5.74) is 11.2. The van der Waals surface area contributed by atoms with Crippen molar-refractivity contribution < 1.29 is 29.2 Å². The van der Waals surface area contributed by atoms with E-state index in [-0.39, 0.29) is 23.6 Å². The summed E-state index contributed by atoms with van der Waals surface area (Å²) in [6, 6.07) is 12.1. The molecule has 5 rings (SSSR count). The maximum absolute atomic E-state index is 13.2. The highest BCUT2D eigenvalue weighted by Gasteiger charge is 2.33. The molecule has 1 atom stereocenters. The number of carbonyl (C=O) groups is 3. The molecule has 1 unspecified atom stereocenters. The molecule has 2 aromatic carbocycles. The van der Waals surface area contributed by atoms with Crippen LogP contribution in [0, 0.1) is 6.92 Å². The minimum atomic E-state index is -0.271. The van der Waals surface area contributed by atoms with Gasteiger partial charge in [0, 0.05) is 63.4 Å². The normalized spacial score (nSPS) is 16.5. The van der Waals surface area contributed by atoms with Gasteiger partial charge >= 0.3 is 5.97 Å². The third kappa shape index (κ3) is 10.3. The maximum atomic E-state index is 13.2. The number of ketones is 2. The first-order chi connectivity index (χ1) is 25.6. The van der Waals surface area contributed by atoms with Crippen molar-refractivity contribution in [1.82, 2.24) is 0 Å². The van der Waals surface area contributed by atoms with Gasteiger partial charge in [-0.05, 0) is 96.2 Å². The second-order valence-electron chi connectivity index (χ2n) is 14.3. The fourth-order valence-corrected chi connectivity index (χ4v) is 7.01. The van der Waals surface area contributed by atoms with Crippen LogP contribution in [0.5, 0.6) is 5.75 Å². The van der Waals surface area contributed by atoms with Gasteiger partial charge in [-0.25, -0.2) is 4.79 Å². The zero-order valence-corrected chi connectivity index (χ0v) is 33.4. The largest absolute Gasteiger partial charge is 0.481 e. The van der Waals surface area contributed by atoms with Gasteiger partial charge in [-0.3, -0.25) is 9.59 Å². The molecule has 0 fully saturated rings. The van der Waals surface area contributed by atoms with Crippen LogP contribution in [0.1, 0.15) is 133 Å². The molecule has 1 heterocycles. The Labute approximate surface area is 317 Å². The van der Waals surface area contributed by atoms with Gasteiger partial charge in [-0.2, -0.15) is 0 Å². The molecule has 3 aliphatic rings. The van der Waals surface area contributed by atoms with Crippen molar-refractivity contribution in [2.75, 3.05) is 25.0 Å². The maximum Gasteiger partial charge on any atom is 0.338 e. The van der Waals surface area contributed by atoms with Gasteiger partial charge in [0.1, 0.15) is 17.6 Å². The number of carbonyl (C=O) groups excluding carboxylic acids is 3. The number of allylic oxidation sites excluding steroid dienone is 5. The summed E-state index contributed by atoms with van der Waals surface area (Å²) < 4.78 is 12.3. The SMILES string of the molecule is CCCCCCCC1=CC(=O)C(C)=C(C)C1=O.CCCCCOC(=O)c1ccccc1C1=C2C=C(C)C([NH2+]CC)=CC2Oc2cc(NCC)c(C)cc21. The number of nitrogens with two attached hydrogens (primary N) is 1. The average Bonchev–Trinajstić information content (AvgIpc) is 3.15. The molecular weight excluding hydrogens is 661 g/mol. The molecule has 2 aromatic rings. The Bertz CT molecular complexity index is 1820. The second kappa shape index (κ2) is 20.1. The number of fused-ring (bicyclic) bond motifs is 2. The van der Waals surface area contributed by atoms with E-state index in [4.69, 9.17) is 9.47 Å². The van der Waals surface area contributed by atoms with E-state index in [1.54, 1.807) is 13.8 Å². The number of hydrogen-bond donors (Lipinski definition) is 2. The second-order valence-corrected chi connectivity index (χ2v) is 14.3. The number of likely N-dealkylation sites (N-methyl/N-ethyl adjacent to an activating group) is 1. The molecule has 0 bridgehead atoms. The lowest BCUT2D eigenvalue weighted by Crippen LogP contribution is -2.82.